The molecule has 0 amide bonds. The smallest absolute Gasteiger partial charge is 0.287 e. The average Bonchev–Trinajstić information content (AvgIpc) is 2.98. The van der Waals surface area contributed by atoms with Gasteiger partial charge in [-0.25, -0.2) is 4.68 Å². The monoisotopic (exact) mass is 442 g/mol. The molecule has 0 aliphatic heterocycles. The molecule has 0 aliphatic carbocycles. The van der Waals surface area contributed by atoms with Gasteiger partial charge in [-0.15, -0.1) is 5.10 Å². The van der Waals surface area contributed by atoms with E-state index in [4.69, 9.17) is 16.4 Å². The van der Waals surface area contributed by atoms with Crippen LogP contribution in [0.3, 0.4) is 0 Å². The van der Waals surface area contributed by atoms with Crippen LogP contribution in [0.5, 0.6) is 0 Å². The molecule has 6 nitrogen and oxygen atoms in total. The maximum Gasteiger partial charge on any atom is 0.416 e. The number of rotatable bonds is 6. The molecule has 29 heavy (non-hydrogen) atoms. The van der Waals surface area contributed by atoms with E-state index in [1.807, 2.05) is 0 Å². The molecule has 13 heteroatoms. The fourth-order valence-electron chi connectivity index (χ4n) is 2.15. The minimum Gasteiger partial charge on any atom is -0.287 e. The number of ketones is 1. The van der Waals surface area contributed by atoms with Gasteiger partial charge in [-0.3, -0.25) is 14.7 Å². The molecule has 1 aromatic heterocycles. The molecule has 0 bridgehead atoms. The second-order valence-electron chi connectivity index (χ2n) is 5.71. The van der Waals surface area contributed by atoms with Crippen molar-refractivity contribution in [1.29, 1.82) is 0 Å². The van der Waals surface area contributed by atoms with E-state index >= 15 is 0 Å². The first-order chi connectivity index (χ1) is 13.3. The number of carbonyl (C=O) groups is 1. The summed E-state index contributed by atoms with van der Waals surface area (Å²) in [6, 6.07) is 1.10. The summed E-state index contributed by atoms with van der Waals surface area (Å²) in [6.07, 6.45) is -7.67. The van der Waals surface area contributed by atoms with E-state index in [0.717, 1.165) is 10.8 Å². The maximum absolute atomic E-state index is 12.9. The number of halogens is 7. The van der Waals surface area contributed by atoms with Gasteiger partial charge in [-0.2, -0.15) is 26.3 Å². The Morgan fingerprint density at radius 2 is 1.72 bits per heavy atom. The number of hydroxylamine groups is 2. The van der Waals surface area contributed by atoms with Gasteiger partial charge in [0.25, 0.3) is 0 Å². The van der Waals surface area contributed by atoms with Crippen molar-refractivity contribution in [3.05, 3.63) is 58.0 Å². The van der Waals surface area contributed by atoms with Crippen molar-refractivity contribution in [2.24, 2.45) is 0 Å². The van der Waals surface area contributed by atoms with Crippen molar-refractivity contribution in [3.63, 3.8) is 0 Å². The summed E-state index contributed by atoms with van der Waals surface area (Å²) < 4.78 is 78.5. The van der Waals surface area contributed by atoms with E-state index in [2.05, 4.69) is 10.3 Å². The Bertz CT molecular complexity index is 891. The van der Waals surface area contributed by atoms with Crippen LogP contribution in [-0.2, 0) is 23.7 Å². The molecule has 0 radical (unpaired) electrons. The molecule has 2 rings (SSSR count). The van der Waals surface area contributed by atoms with E-state index in [1.165, 1.54) is 25.4 Å². The molecule has 0 atom stereocenters. The van der Waals surface area contributed by atoms with Crippen LogP contribution in [0.15, 0.2) is 30.5 Å². The van der Waals surface area contributed by atoms with Crippen molar-refractivity contribution in [2.75, 3.05) is 14.2 Å². The fraction of sp³-hybridized carbons (Fsp3) is 0.312. The van der Waals surface area contributed by atoms with Crippen LogP contribution in [-0.4, -0.2) is 40.0 Å². The van der Waals surface area contributed by atoms with Gasteiger partial charge < -0.3 is 0 Å². The van der Waals surface area contributed by atoms with Crippen LogP contribution < -0.4 is 0 Å². The predicted molar refractivity (Wildman–Crippen MR) is 88.8 cm³/mol. The van der Waals surface area contributed by atoms with E-state index < -0.39 is 35.8 Å². The Labute approximate surface area is 165 Å². The molecular formula is C16H13ClF6N4O2. The van der Waals surface area contributed by atoms with E-state index in [-0.39, 0.29) is 22.5 Å². The van der Waals surface area contributed by atoms with Gasteiger partial charge in [-0.1, -0.05) is 16.8 Å². The molecule has 0 spiro atoms. The minimum absolute atomic E-state index is 0.0124. The maximum atomic E-state index is 12.9. The van der Waals surface area contributed by atoms with Crippen LogP contribution in [0.4, 0.5) is 26.3 Å². The zero-order chi connectivity index (χ0) is 22.0. The van der Waals surface area contributed by atoms with Crippen molar-refractivity contribution in [2.45, 2.75) is 18.9 Å². The van der Waals surface area contributed by atoms with Gasteiger partial charge in [-0.05, 0) is 23.8 Å². The molecule has 1 aromatic carbocycles. The first-order valence-corrected chi connectivity index (χ1v) is 8.07. The number of aromatic nitrogens is 3. The summed E-state index contributed by atoms with van der Waals surface area (Å²) in [5.41, 5.74) is -3.64. The summed E-state index contributed by atoms with van der Waals surface area (Å²) in [5.74, 6) is -0.690. The summed E-state index contributed by atoms with van der Waals surface area (Å²) in [5, 5.41) is 7.92. The number of carbonyl (C=O) groups excluding carboxylic acids is 1. The van der Waals surface area contributed by atoms with E-state index in [1.54, 1.807) is 0 Å². The summed E-state index contributed by atoms with van der Waals surface area (Å²) in [7, 11) is 2.84. The van der Waals surface area contributed by atoms with Gasteiger partial charge in [0.05, 0.1) is 24.8 Å². The lowest BCUT2D eigenvalue weighted by Gasteiger charge is -2.14. The lowest BCUT2D eigenvalue weighted by atomic mass is 10.0. The van der Waals surface area contributed by atoms with Crippen molar-refractivity contribution in [3.8, 4) is 0 Å². The topological polar surface area (TPSA) is 60.2 Å². The van der Waals surface area contributed by atoms with Gasteiger partial charge in [0.15, 0.2) is 10.8 Å². The third-order valence-electron chi connectivity index (χ3n) is 3.61. The van der Waals surface area contributed by atoms with Crippen molar-refractivity contribution in [1.82, 2.24) is 20.1 Å². The number of hydrogen-bond donors (Lipinski definition) is 0. The zero-order valence-corrected chi connectivity index (χ0v) is 15.6. The molecule has 2 aromatic rings. The third-order valence-corrected chi connectivity index (χ3v) is 3.99. The van der Waals surface area contributed by atoms with Gasteiger partial charge in [0.1, 0.15) is 0 Å². The Balaban J connectivity index is 2.36. The Morgan fingerprint density at radius 3 is 2.21 bits per heavy atom. The second-order valence-corrected chi connectivity index (χ2v) is 6.07. The molecule has 0 N–H and O–H groups in total. The highest BCUT2D eigenvalue weighted by atomic mass is 35.5. The second kappa shape index (κ2) is 8.41. The van der Waals surface area contributed by atoms with Crippen molar-refractivity contribution >= 4 is 17.4 Å². The molecule has 1 heterocycles. The highest BCUT2D eigenvalue weighted by Gasteiger charge is 2.37. The number of nitrogens with zero attached hydrogens (tertiary/aromatic N) is 4. The average molecular weight is 443 g/mol. The largest absolute Gasteiger partial charge is 0.416 e. The highest BCUT2D eigenvalue weighted by molar-refractivity contribution is 6.33. The molecule has 0 saturated heterocycles. The standard InChI is InChI=1S/C16H13ClF6N4O2/c1-26(29-2)4-3-12(28)13-14(17)27(25-24-13)8-9-5-10(15(18,19)20)7-11(6-9)16(21,22)23/h3-7H,8H2,1-2H3. The zero-order valence-electron chi connectivity index (χ0n) is 14.8. The number of benzene rings is 1. The van der Waals surface area contributed by atoms with Crippen molar-refractivity contribution < 1.29 is 36.0 Å². The Hall–Kier alpha value is -2.60. The van der Waals surface area contributed by atoms with E-state index in [0.29, 0.717) is 12.1 Å². The fourth-order valence-corrected chi connectivity index (χ4v) is 2.37. The predicted octanol–water partition coefficient (Wildman–Crippen LogP) is 4.21. The quantitative estimate of drug-likeness (QED) is 0.290. The van der Waals surface area contributed by atoms with Gasteiger partial charge in [0, 0.05) is 19.3 Å². The summed E-state index contributed by atoms with van der Waals surface area (Å²) in [6.45, 7) is -0.562. The molecular weight excluding hydrogens is 430 g/mol. The SMILES string of the molecule is CON(C)C=CC(=O)c1nnn(Cc2cc(C(F)(F)F)cc(C(F)(F)F)c2)c1Cl. The lowest BCUT2D eigenvalue weighted by Crippen LogP contribution is -2.13. The summed E-state index contributed by atoms with van der Waals surface area (Å²) in [4.78, 5) is 16.8. The molecule has 0 unspecified atom stereocenters. The summed E-state index contributed by atoms with van der Waals surface area (Å²) >= 11 is 5.97. The van der Waals surface area contributed by atoms with Crippen LogP contribution in [0.2, 0.25) is 5.15 Å². The van der Waals surface area contributed by atoms with E-state index in [9.17, 15) is 31.1 Å². The molecule has 0 fully saturated rings. The van der Waals surface area contributed by atoms with Crippen LogP contribution in [0, 0.1) is 0 Å². The van der Waals surface area contributed by atoms with Gasteiger partial charge in [0.2, 0.25) is 5.78 Å². The first kappa shape index (κ1) is 22.7. The Morgan fingerprint density at radius 1 is 1.17 bits per heavy atom. The highest BCUT2D eigenvalue weighted by Crippen LogP contribution is 2.36. The Kier molecular flexibility index (Phi) is 6.58. The molecule has 0 saturated carbocycles. The first-order valence-electron chi connectivity index (χ1n) is 7.69. The normalized spacial score (nSPS) is 12.6. The minimum atomic E-state index is -4.98. The third kappa shape index (κ3) is 5.70. The van der Waals surface area contributed by atoms with Crippen LogP contribution in [0.25, 0.3) is 0 Å². The number of hydrogen-bond acceptors (Lipinski definition) is 5. The number of allylic oxidation sites excluding steroid dienone is 1. The molecule has 158 valence electrons. The lowest BCUT2D eigenvalue weighted by molar-refractivity contribution is -0.143. The van der Waals surface area contributed by atoms with Crippen LogP contribution >= 0.6 is 11.6 Å². The molecule has 0 aliphatic rings. The van der Waals surface area contributed by atoms with Gasteiger partial charge >= 0.3 is 12.4 Å². The number of alkyl halides is 6. The van der Waals surface area contributed by atoms with Crippen LogP contribution in [0.1, 0.15) is 27.2 Å².